The minimum atomic E-state index is -0.278. The molecule has 0 saturated carbocycles. The molecular weight excluding hydrogens is 203 g/mol. The van der Waals surface area contributed by atoms with Crippen molar-refractivity contribution in [1.29, 1.82) is 0 Å². The third-order valence-electron chi connectivity index (χ3n) is 2.71. The smallest absolute Gasteiger partial charge is 0.141 e. The van der Waals surface area contributed by atoms with Crippen molar-refractivity contribution in [3.8, 4) is 0 Å². The van der Waals surface area contributed by atoms with Crippen LogP contribution in [0.1, 0.15) is 52.1 Å². The van der Waals surface area contributed by atoms with Crippen molar-refractivity contribution < 1.29 is 4.39 Å². The zero-order valence-corrected chi connectivity index (χ0v) is 10.5. The molecular formula is C13H21FN2. The predicted molar refractivity (Wildman–Crippen MR) is 64.7 cm³/mol. The summed E-state index contributed by atoms with van der Waals surface area (Å²) in [5.41, 5.74) is 0.963. The van der Waals surface area contributed by atoms with Gasteiger partial charge in [0.15, 0.2) is 0 Å². The van der Waals surface area contributed by atoms with Gasteiger partial charge in [-0.1, -0.05) is 13.3 Å². The zero-order valence-electron chi connectivity index (χ0n) is 10.5. The van der Waals surface area contributed by atoms with Crippen LogP contribution in [0.15, 0.2) is 18.5 Å². The lowest BCUT2D eigenvalue weighted by molar-refractivity contribution is 0.323. The van der Waals surface area contributed by atoms with Crippen LogP contribution in [-0.4, -0.2) is 10.5 Å². The van der Waals surface area contributed by atoms with Gasteiger partial charge < -0.3 is 5.32 Å². The first kappa shape index (κ1) is 13.1. The zero-order chi connectivity index (χ0) is 12.2. The van der Waals surface area contributed by atoms with Crippen molar-refractivity contribution in [1.82, 2.24) is 10.3 Å². The largest absolute Gasteiger partial charge is 0.305 e. The number of hydrogen-bond donors (Lipinski definition) is 1. The Labute approximate surface area is 97.3 Å². The molecule has 1 N–H and O–H groups in total. The Hall–Kier alpha value is -0.960. The summed E-state index contributed by atoms with van der Waals surface area (Å²) in [4.78, 5) is 3.87. The van der Waals surface area contributed by atoms with Gasteiger partial charge in [-0.25, -0.2) is 4.39 Å². The summed E-state index contributed by atoms with van der Waals surface area (Å²) in [6, 6.07) is 1.65. The van der Waals surface area contributed by atoms with Gasteiger partial charge in [-0.15, -0.1) is 0 Å². The van der Waals surface area contributed by atoms with E-state index in [4.69, 9.17) is 0 Å². The Balaban J connectivity index is 2.68. The highest BCUT2D eigenvalue weighted by Crippen LogP contribution is 2.19. The maximum Gasteiger partial charge on any atom is 0.141 e. The van der Waals surface area contributed by atoms with E-state index in [0.29, 0.717) is 0 Å². The van der Waals surface area contributed by atoms with E-state index >= 15 is 0 Å². The lowest BCUT2D eigenvalue weighted by Gasteiger charge is -2.30. The van der Waals surface area contributed by atoms with E-state index in [0.717, 1.165) is 18.4 Å². The van der Waals surface area contributed by atoms with Crippen LogP contribution < -0.4 is 5.32 Å². The van der Waals surface area contributed by atoms with Crippen LogP contribution in [-0.2, 0) is 0 Å². The molecule has 0 fully saturated rings. The standard InChI is InChI=1S/C13H21FN2/c1-5-6-13(3,4)16-10(2)11-7-12(14)9-15-8-11/h7-10,16H,5-6H2,1-4H3. The summed E-state index contributed by atoms with van der Waals surface area (Å²) in [5.74, 6) is -0.278. The molecule has 1 unspecified atom stereocenters. The summed E-state index contributed by atoms with van der Waals surface area (Å²) >= 11 is 0. The number of hydrogen-bond acceptors (Lipinski definition) is 2. The second kappa shape index (κ2) is 5.39. The molecule has 1 rings (SSSR count). The fourth-order valence-corrected chi connectivity index (χ4v) is 2.03. The van der Waals surface area contributed by atoms with E-state index in [1.165, 1.54) is 12.3 Å². The van der Waals surface area contributed by atoms with E-state index in [2.05, 4.69) is 31.1 Å². The van der Waals surface area contributed by atoms with Crippen molar-refractivity contribution in [3.63, 3.8) is 0 Å². The molecule has 0 bridgehead atoms. The maximum absolute atomic E-state index is 13.0. The summed E-state index contributed by atoms with van der Waals surface area (Å²) < 4.78 is 13.0. The van der Waals surface area contributed by atoms with Gasteiger partial charge in [-0.3, -0.25) is 4.98 Å². The second-order valence-electron chi connectivity index (χ2n) is 4.94. The molecule has 0 aliphatic carbocycles. The normalized spacial score (nSPS) is 13.8. The molecule has 0 aliphatic rings. The number of rotatable bonds is 5. The van der Waals surface area contributed by atoms with Gasteiger partial charge in [0.2, 0.25) is 0 Å². The Morgan fingerprint density at radius 1 is 1.44 bits per heavy atom. The van der Waals surface area contributed by atoms with Gasteiger partial charge in [0.05, 0.1) is 6.20 Å². The van der Waals surface area contributed by atoms with Crippen LogP contribution in [0.5, 0.6) is 0 Å². The van der Waals surface area contributed by atoms with Crippen molar-refractivity contribution in [2.75, 3.05) is 0 Å². The van der Waals surface area contributed by atoms with Crippen LogP contribution in [0.2, 0.25) is 0 Å². The van der Waals surface area contributed by atoms with Gasteiger partial charge in [0, 0.05) is 17.8 Å². The Morgan fingerprint density at radius 3 is 2.69 bits per heavy atom. The van der Waals surface area contributed by atoms with Gasteiger partial charge in [0.25, 0.3) is 0 Å². The van der Waals surface area contributed by atoms with E-state index in [9.17, 15) is 4.39 Å². The van der Waals surface area contributed by atoms with E-state index in [1.54, 1.807) is 6.20 Å². The van der Waals surface area contributed by atoms with Gasteiger partial charge in [-0.05, 0) is 38.8 Å². The van der Waals surface area contributed by atoms with E-state index in [1.807, 2.05) is 6.92 Å². The van der Waals surface area contributed by atoms with E-state index < -0.39 is 0 Å². The van der Waals surface area contributed by atoms with Crippen molar-refractivity contribution in [2.45, 2.75) is 52.1 Å². The average Bonchev–Trinajstić information content (AvgIpc) is 2.16. The first-order valence-corrected chi connectivity index (χ1v) is 5.83. The topological polar surface area (TPSA) is 24.9 Å². The van der Waals surface area contributed by atoms with Crippen molar-refractivity contribution >= 4 is 0 Å². The molecule has 0 spiro atoms. The summed E-state index contributed by atoms with van der Waals surface area (Å²) in [5, 5.41) is 3.49. The first-order valence-electron chi connectivity index (χ1n) is 5.83. The molecule has 0 aliphatic heterocycles. The maximum atomic E-state index is 13.0. The third kappa shape index (κ3) is 3.89. The number of nitrogens with zero attached hydrogens (tertiary/aromatic N) is 1. The minimum absolute atomic E-state index is 0.0699. The van der Waals surface area contributed by atoms with Crippen LogP contribution in [0.4, 0.5) is 4.39 Å². The number of halogens is 1. The molecule has 1 aromatic rings. The van der Waals surface area contributed by atoms with Crippen LogP contribution >= 0.6 is 0 Å². The number of pyridine rings is 1. The number of aromatic nitrogens is 1. The first-order chi connectivity index (χ1) is 7.44. The summed E-state index contributed by atoms with van der Waals surface area (Å²) in [6.45, 7) is 8.53. The lowest BCUT2D eigenvalue weighted by atomic mass is 9.96. The molecule has 2 nitrogen and oxygen atoms in total. The van der Waals surface area contributed by atoms with Gasteiger partial charge in [0.1, 0.15) is 5.82 Å². The molecule has 1 atom stereocenters. The fourth-order valence-electron chi connectivity index (χ4n) is 2.03. The molecule has 0 radical (unpaired) electrons. The average molecular weight is 224 g/mol. The molecule has 0 aromatic carbocycles. The van der Waals surface area contributed by atoms with E-state index in [-0.39, 0.29) is 17.4 Å². The van der Waals surface area contributed by atoms with Crippen molar-refractivity contribution in [3.05, 3.63) is 29.8 Å². The molecule has 3 heteroatoms. The molecule has 0 amide bonds. The van der Waals surface area contributed by atoms with Gasteiger partial charge in [-0.2, -0.15) is 0 Å². The molecule has 1 heterocycles. The van der Waals surface area contributed by atoms with Gasteiger partial charge >= 0.3 is 0 Å². The van der Waals surface area contributed by atoms with Crippen LogP contribution in [0, 0.1) is 5.82 Å². The highest BCUT2D eigenvalue weighted by atomic mass is 19.1. The Kier molecular flexibility index (Phi) is 4.42. The highest BCUT2D eigenvalue weighted by molar-refractivity contribution is 5.14. The summed E-state index contributed by atoms with van der Waals surface area (Å²) in [6.07, 6.45) is 5.17. The highest BCUT2D eigenvalue weighted by Gasteiger charge is 2.19. The van der Waals surface area contributed by atoms with Crippen molar-refractivity contribution in [2.24, 2.45) is 0 Å². The molecule has 1 aromatic heterocycles. The van der Waals surface area contributed by atoms with Crippen LogP contribution in [0.3, 0.4) is 0 Å². The quantitative estimate of drug-likeness (QED) is 0.828. The molecule has 16 heavy (non-hydrogen) atoms. The minimum Gasteiger partial charge on any atom is -0.305 e. The molecule has 0 saturated heterocycles. The number of nitrogens with one attached hydrogen (secondary N) is 1. The Morgan fingerprint density at radius 2 is 2.12 bits per heavy atom. The predicted octanol–water partition coefficient (Wildman–Crippen LogP) is 3.45. The lowest BCUT2D eigenvalue weighted by Crippen LogP contribution is -2.40. The monoisotopic (exact) mass is 224 g/mol. The Bertz CT molecular complexity index is 336. The second-order valence-corrected chi connectivity index (χ2v) is 4.94. The summed E-state index contributed by atoms with van der Waals surface area (Å²) in [7, 11) is 0. The fraction of sp³-hybridized carbons (Fsp3) is 0.615. The molecule has 90 valence electrons. The third-order valence-corrected chi connectivity index (χ3v) is 2.71. The van der Waals surface area contributed by atoms with Crippen LogP contribution in [0.25, 0.3) is 0 Å². The SMILES string of the molecule is CCCC(C)(C)NC(C)c1cncc(F)c1.